The molecule has 1 aromatic rings. The monoisotopic (exact) mass is 576 g/mol. The quantitative estimate of drug-likeness (QED) is 0.265. The van der Waals surface area contributed by atoms with Crippen molar-refractivity contribution in [1.29, 1.82) is 0 Å². The molecule has 3 heterocycles. The van der Waals surface area contributed by atoms with Gasteiger partial charge in [0, 0.05) is 12.0 Å². The van der Waals surface area contributed by atoms with Crippen LogP contribution in [0.4, 0.5) is 8.39 Å². The molecule has 0 saturated carbocycles. The fourth-order valence-corrected chi connectivity index (χ4v) is 20.8. The van der Waals surface area contributed by atoms with E-state index < -0.39 is 35.2 Å². The van der Waals surface area contributed by atoms with E-state index in [4.69, 9.17) is 41.7 Å². The van der Waals surface area contributed by atoms with Gasteiger partial charge in [0.1, 0.15) is 0 Å². The van der Waals surface area contributed by atoms with Crippen LogP contribution in [0.25, 0.3) is 0 Å². The van der Waals surface area contributed by atoms with Crippen LogP contribution in [0.2, 0.25) is 0 Å². The lowest BCUT2D eigenvalue weighted by atomic mass is 10.2. The predicted molar refractivity (Wildman–Crippen MR) is 135 cm³/mol. The molecule has 2 bridgehead atoms. The molecule has 16 heteroatoms. The fourth-order valence-electron chi connectivity index (χ4n) is 3.54. The number of hydrogen-bond donors (Lipinski definition) is 0. The normalized spacial score (nSPS) is 43.8. The molecule has 0 radical (unpaired) electrons. The van der Waals surface area contributed by atoms with Crippen molar-refractivity contribution < 1.29 is 26.5 Å². The Kier molecular flexibility index (Phi) is 6.72. The van der Waals surface area contributed by atoms with Gasteiger partial charge in [0.05, 0.1) is 25.4 Å². The average Bonchev–Trinajstić information content (AvgIpc) is 3.42. The molecule has 1 aliphatic carbocycles. The van der Waals surface area contributed by atoms with Crippen molar-refractivity contribution >= 4 is 58.8 Å². The summed E-state index contributed by atoms with van der Waals surface area (Å²) >= 11 is 11.5. The first-order chi connectivity index (χ1) is 15.1. The maximum absolute atomic E-state index is 15.7. The number of fused-ring (bicyclic) bond motifs is 1. The van der Waals surface area contributed by atoms with Crippen LogP contribution in [0.15, 0.2) is 62.1 Å². The SMILES string of the molecule is FP12=NP(F)(=NP3(=N1)OCP(=S)(CC1C=CC=C1)CO3)OCP(=S)(Cc1cc[cH-]c1)CO2. The minimum absolute atomic E-state index is 0.0941. The molecular formula is C16H21F2N3O4P5S2-. The van der Waals surface area contributed by atoms with Crippen LogP contribution in [0, 0.1) is 5.92 Å². The summed E-state index contributed by atoms with van der Waals surface area (Å²) in [6.45, 7) is 0. The highest BCUT2D eigenvalue weighted by atomic mass is 32.4. The first kappa shape index (κ1) is 24.2. The van der Waals surface area contributed by atoms with Crippen molar-refractivity contribution in [3.05, 3.63) is 54.1 Å². The Balaban J connectivity index is 1.38. The smallest absolute Gasteiger partial charge is 0.301 e. The van der Waals surface area contributed by atoms with Gasteiger partial charge in [0.15, 0.2) is 0 Å². The van der Waals surface area contributed by atoms with Crippen molar-refractivity contribution in [2.24, 2.45) is 19.5 Å². The lowest BCUT2D eigenvalue weighted by Crippen LogP contribution is -2.15. The van der Waals surface area contributed by atoms with Gasteiger partial charge < -0.3 is 9.05 Å². The average molecular weight is 576 g/mol. The Labute approximate surface area is 196 Å². The van der Waals surface area contributed by atoms with Gasteiger partial charge in [-0.2, -0.15) is 32.2 Å². The number of halogens is 2. The fraction of sp³-hybridized carbons (Fsp3) is 0.438. The number of nitrogens with zero attached hydrogens (tertiary/aromatic N) is 3. The maximum Gasteiger partial charge on any atom is 0.387 e. The lowest BCUT2D eigenvalue weighted by molar-refractivity contribution is 0.276. The molecule has 1 fully saturated rings. The third-order valence-electron chi connectivity index (χ3n) is 5.08. The second kappa shape index (κ2) is 8.87. The highest BCUT2D eigenvalue weighted by Crippen LogP contribution is 2.84. The predicted octanol–water partition coefficient (Wildman–Crippen LogP) is 8.32. The zero-order chi connectivity index (χ0) is 22.5. The van der Waals surface area contributed by atoms with Crippen molar-refractivity contribution in [2.45, 2.75) is 6.16 Å². The van der Waals surface area contributed by atoms with Crippen molar-refractivity contribution in [1.82, 2.24) is 0 Å². The summed E-state index contributed by atoms with van der Waals surface area (Å²) in [5.74, 6) is 0.222. The molecule has 0 amide bonds. The van der Waals surface area contributed by atoms with Crippen LogP contribution >= 0.6 is 35.2 Å². The van der Waals surface area contributed by atoms with E-state index in [2.05, 4.69) is 25.7 Å². The molecule has 3 aliphatic heterocycles. The standard InChI is InChI=1S/C16H21F2N3O4P5S2/c17-28-19-29(18,23-12-26(31,11-22-28)9-15-5-1-2-6-15)21-30(20-28)24-13-27(32,14-25-30)10-16-7-3-4-8-16/h1-8,16H,9-14H2/q-1. The van der Waals surface area contributed by atoms with Crippen LogP contribution < -0.4 is 0 Å². The lowest BCUT2D eigenvalue weighted by Gasteiger charge is -2.37. The zero-order valence-corrected chi connectivity index (χ0v) is 22.8. The number of rotatable bonds is 4. The Bertz CT molecular complexity index is 1200. The molecule has 7 nitrogen and oxygen atoms in total. The minimum Gasteiger partial charge on any atom is -0.301 e. The molecule has 1 spiro atoms. The van der Waals surface area contributed by atoms with Crippen LogP contribution in [-0.2, 0) is 47.9 Å². The summed E-state index contributed by atoms with van der Waals surface area (Å²) in [5, 5.41) is 0. The van der Waals surface area contributed by atoms with E-state index in [-0.39, 0.29) is 31.3 Å². The third-order valence-corrected chi connectivity index (χ3v) is 19.6. The molecule has 1 saturated heterocycles. The van der Waals surface area contributed by atoms with Crippen molar-refractivity contribution in [3.8, 4) is 0 Å². The highest BCUT2D eigenvalue weighted by molar-refractivity contribution is 8.15. The first-order valence-corrected chi connectivity index (χ1v) is 20.9. The number of allylic oxidation sites excluding steroid dienone is 4. The van der Waals surface area contributed by atoms with E-state index in [1.165, 1.54) is 0 Å². The minimum atomic E-state index is -4.40. The van der Waals surface area contributed by atoms with Gasteiger partial charge in [-0.05, 0) is 18.4 Å². The van der Waals surface area contributed by atoms with E-state index >= 15 is 8.39 Å². The van der Waals surface area contributed by atoms with Gasteiger partial charge >= 0.3 is 23.1 Å². The Morgan fingerprint density at radius 1 is 0.906 bits per heavy atom. The second-order valence-corrected chi connectivity index (χ2v) is 24.6. The largest absolute Gasteiger partial charge is 0.387 e. The molecule has 3 unspecified atom stereocenters. The van der Waals surface area contributed by atoms with Gasteiger partial charge in [-0.3, -0.25) is 9.05 Å². The van der Waals surface area contributed by atoms with E-state index in [9.17, 15) is 0 Å². The molecule has 32 heavy (non-hydrogen) atoms. The van der Waals surface area contributed by atoms with E-state index in [0.717, 1.165) is 5.56 Å². The summed E-state index contributed by atoms with van der Waals surface area (Å²) < 4.78 is 65.5. The molecule has 4 aliphatic rings. The molecule has 3 atom stereocenters. The molecule has 1 aromatic carbocycles. The summed E-state index contributed by atoms with van der Waals surface area (Å²) in [6.07, 6.45) is 9.35. The van der Waals surface area contributed by atoms with Crippen molar-refractivity contribution in [2.75, 3.05) is 31.6 Å². The molecule has 0 aromatic heterocycles. The molecular weight excluding hydrogens is 555 g/mol. The number of hydrogen-bond acceptors (Lipinski definition) is 9. The topological polar surface area (TPSA) is 74.0 Å². The van der Waals surface area contributed by atoms with E-state index in [0.29, 0.717) is 12.3 Å². The van der Waals surface area contributed by atoms with Crippen LogP contribution in [0.1, 0.15) is 5.56 Å². The highest BCUT2D eigenvalue weighted by Gasteiger charge is 2.47. The van der Waals surface area contributed by atoms with E-state index in [1.807, 2.05) is 36.4 Å². The van der Waals surface area contributed by atoms with Gasteiger partial charge in [0.2, 0.25) is 0 Å². The maximum atomic E-state index is 15.7. The third kappa shape index (κ3) is 5.35. The second-order valence-electron chi connectivity index (χ2n) is 7.92. The Morgan fingerprint density at radius 2 is 1.53 bits per heavy atom. The van der Waals surface area contributed by atoms with Gasteiger partial charge in [-0.15, -0.1) is 13.5 Å². The summed E-state index contributed by atoms with van der Waals surface area (Å²) in [5.41, 5.74) is 0.982. The molecule has 5 rings (SSSR count). The summed E-state index contributed by atoms with van der Waals surface area (Å²) in [6, 6.07) is 3.14. The van der Waals surface area contributed by atoms with Gasteiger partial charge in [0.25, 0.3) is 0 Å². The van der Waals surface area contributed by atoms with Crippen LogP contribution in [-0.4, -0.2) is 31.6 Å². The van der Waals surface area contributed by atoms with Crippen LogP contribution in [0.5, 0.6) is 0 Å². The molecule has 0 N–H and O–H groups in total. The Morgan fingerprint density at radius 3 is 2.16 bits per heavy atom. The summed E-state index contributed by atoms with van der Waals surface area (Å²) in [4.78, 5) is 0. The van der Waals surface area contributed by atoms with Crippen LogP contribution in [0.3, 0.4) is 0 Å². The molecule has 176 valence electrons. The van der Waals surface area contributed by atoms with Gasteiger partial charge in [-0.25, -0.2) is 6.07 Å². The van der Waals surface area contributed by atoms with Crippen molar-refractivity contribution in [3.63, 3.8) is 0 Å². The van der Waals surface area contributed by atoms with E-state index in [1.54, 1.807) is 0 Å². The summed E-state index contributed by atoms with van der Waals surface area (Å²) in [7, 11) is -12.4. The first-order valence-electron chi connectivity index (χ1n) is 9.69. The van der Waals surface area contributed by atoms with Gasteiger partial charge in [-0.1, -0.05) is 47.9 Å². The Hall–Kier alpha value is 0.520. The zero-order valence-electron chi connectivity index (χ0n) is 16.7.